The Balaban J connectivity index is 1.20. The van der Waals surface area contributed by atoms with Crippen molar-refractivity contribution in [3.8, 4) is 23.3 Å². The zero-order valence-electron chi connectivity index (χ0n) is 19.7. The highest BCUT2D eigenvalue weighted by Crippen LogP contribution is 2.28. The van der Waals surface area contributed by atoms with Crippen LogP contribution in [0.1, 0.15) is 28.8 Å². The molecule has 5 rings (SSSR count). The fourth-order valence-corrected chi connectivity index (χ4v) is 4.32. The van der Waals surface area contributed by atoms with Crippen LogP contribution in [0.25, 0.3) is 22.6 Å². The number of anilines is 1. The molecule has 2 heterocycles. The van der Waals surface area contributed by atoms with E-state index in [9.17, 15) is 9.59 Å². The lowest BCUT2D eigenvalue weighted by Gasteiger charge is -2.31. The predicted molar refractivity (Wildman–Crippen MR) is 134 cm³/mol. The largest absolute Gasteiger partial charge is 0.497 e. The van der Waals surface area contributed by atoms with Crippen molar-refractivity contribution in [1.82, 2.24) is 9.88 Å². The number of carbonyl (C=O) groups is 2. The minimum Gasteiger partial charge on any atom is -0.497 e. The molecular formula is C28H24N4O4. The number of likely N-dealkylation sites (tertiary alicyclic amines) is 1. The summed E-state index contributed by atoms with van der Waals surface area (Å²) in [5.74, 6) is 0.909. The molecule has 1 saturated heterocycles. The lowest BCUT2D eigenvalue weighted by molar-refractivity contribution is -0.121. The maximum absolute atomic E-state index is 12.9. The van der Waals surface area contributed by atoms with E-state index >= 15 is 0 Å². The zero-order valence-corrected chi connectivity index (χ0v) is 19.7. The first kappa shape index (κ1) is 23.1. The molecule has 0 unspecified atom stereocenters. The van der Waals surface area contributed by atoms with Crippen molar-refractivity contribution in [3.63, 3.8) is 0 Å². The van der Waals surface area contributed by atoms with Crippen LogP contribution in [0, 0.1) is 17.2 Å². The summed E-state index contributed by atoms with van der Waals surface area (Å²) in [6, 6.07) is 21.5. The van der Waals surface area contributed by atoms with Crippen molar-refractivity contribution < 1.29 is 18.7 Å². The van der Waals surface area contributed by atoms with Crippen LogP contribution in [0.15, 0.2) is 71.1 Å². The van der Waals surface area contributed by atoms with E-state index in [1.807, 2.05) is 36.4 Å². The number of nitriles is 1. The Morgan fingerprint density at radius 1 is 1.06 bits per heavy atom. The number of methoxy groups -OCH3 is 1. The van der Waals surface area contributed by atoms with Crippen molar-refractivity contribution in [2.24, 2.45) is 5.92 Å². The predicted octanol–water partition coefficient (Wildman–Crippen LogP) is 4.87. The fraction of sp³-hybridized carbons (Fsp3) is 0.214. The van der Waals surface area contributed by atoms with Crippen molar-refractivity contribution in [3.05, 3.63) is 77.9 Å². The first-order valence-corrected chi connectivity index (χ1v) is 11.7. The average Bonchev–Trinajstić information content (AvgIpc) is 3.36. The number of hydrogen-bond donors (Lipinski definition) is 1. The third kappa shape index (κ3) is 4.77. The van der Waals surface area contributed by atoms with E-state index in [2.05, 4.69) is 16.4 Å². The molecule has 0 saturated carbocycles. The summed E-state index contributed by atoms with van der Waals surface area (Å²) in [6.07, 6.45) is 1.17. The lowest BCUT2D eigenvalue weighted by atomic mass is 9.95. The summed E-state index contributed by atoms with van der Waals surface area (Å²) in [4.78, 5) is 31.9. The molecule has 2 amide bonds. The van der Waals surface area contributed by atoms with Gasteiger partial charge in [-0.3, -0.25) is 9.59 Å². The Kier molecular flexibility index (Phi) is 6.37. The molecule has 1 aromatic heterocycles. The van der Waals surface area contributed by atoms with Crippen molar-refractivity contribution in [1.29, 1.82) is 5.26 Å². The molecular weight excluding hydrogens is 456 g/mol. The number of piperidine rings is 1. The van der Waals surface area contributed by atoms with Gasteiger partial charge in [0, 0.05) is 41.9 Å². The van der Waals surface area contributed by atoms with Crippen LogP contribution < -0.4 is 10.1 Å². The number of aromatic nitrogens is 1. The van der Waals surface area contributed by atoms with Crippen LogP contribution in [0.2, 0.25) is 0 Å². The van der Waals surface area contributed by atoms with E-state index in [0.717, 1.165) is 11.3 Å². The molecule has 8 heteroatoms. The summed E-state index contributed by atoms with van der Waals surface area (Å²) >= 11 is 0. The number of nitrogens with one attached hydrogen (secondary N) is 1. The number of ether oxygens (including phenoxy) is 1. The standard InChI is InChI=1S/C28H24N4O4/c1-35-23-9-6-20(7-10-23)27-31-24-11-8-22(16-25(24)36-27)30-26(33)19-12-14-32(15-13-19)28(34)21-4-2-18(17-29)3-5-21/h2-11,16,19H,12-15H2,1H3,(H,30,33). The van der Waals surface area contributed by atoms with Crippen LogP contribution in [-0.4, -0.2) is 41.9 Å². The SMILES string of the molecule is COc1ccc(-c2nc3ccc(NC(=O)C4CCN(C(=O)c5ccc(C#N)cc5)CC4)cc3o2)cc1. The Morgan fingerprint density at radius 2 is 1.78 bits per heavy atom. The van der Waals surface area contributed by atoms with Gasteiger partial charge in [0.2, 0.25) is 11.8 Å². The number of carbonyl (C=O) groups excluding carboxylic acids is 2. The Hall–Kier alpha value is -4.64. The topological polar surface area (TPSA) is 108 Å². The highest BCUT2D eigenvalue weighted by molar-refractivity contribution is 5.96. The van der Waals surface area contributed by atoms with Crippen LogP contribution >= 0.6 is 0 Å². The van der Waals surface area contributed by atoms with E-state index in [4.69, 9.17) is 14.4 Å². The molecule has 3 aromatic carbocycles. The van der Waals surface area contributed by atoms with E-state index < -0.39 is 0 Å². The van der Waals surface area contributed by atoms with Crippen LogP contribution in [0.4, 0.5) is 5.69 Å². The van der Waals surface area contributed by atoms with Crippen molar-refractivity contribution >= 4 is 28.6 Å². The number of nitrogens with zero attached hydrogens (tertiary/aromatic N) is 3. The van der Waals surface area contributed by atoms with Gasteiger partial charge >= 0.3 is 0 Å². The van der Waals surface area contributed by atoms with Gasteiger partial charge < -0.3 is 19.4 Å². The first-order valence-electron chi connectivity index (χ1n) is 11.7. The van der Waals surface area contributed by atoms with E-state index in [1.165, 1.54) is 0 Å². The van der Waals surface area contributed by atoms with Gasteiger partial charge in [-0.25, -0.2) is 4.98 Å². The zero-order chi connectivity index (χ0) is 25.1. The molecule has 180 valence electrons. The number of rotatable bonds is 5. The molecule has 1 aliphatic rings. The van der Waals surface area contributed by atoms with Gasteiger partial charge in [-0.1, -0.05) is 0 Å². The molecule has 0 spiro atoms. The van der Waals surface area contributed by atoms with Gasteiger partial charge in [0.1, 0.15) is 11.3 Å². The molecule has 4 aromatic rings. The molecule has 36 heavy (non-hydrogen) atoms. The van der Waals surface area contributed by atoms with Gasteiger partial charge in [0.05, 0.1) is 18.7 Å². The number of amides is 2. The smallest absolute Gasteiger partial charge is 0.253 e. The molecule has 0 radical (unpaired) electrons. The average molecular weight is 481 g/mol. The quantitative estimate of drug-likeness (QED) is 0.437. The monoisotopic (exact) mass is 480 g/mol. The molecule has 1 aliphatic heterocycles. The highest BCUT2D eigenvalue weighted by Gasteiger charge is 2.28. The minimum absolute atomic E-state index is 0.0743. The van der Waals surface area contributed by atoms with Gasteiger partial charge in [-0.05, 0) is 73.5 Å². The van der Waals surface area contributed by atoms with Gasteiger partial charge in [0.25, 0.3) is 5.91 Å². The Morgan fingerprint density at radius 3 is 2.44 bits per heavy atom. The van der Waals surface area contributed by atoms with Crippen molar-refractivity contribution in [2.75, 3.05) is 25.5 Å². The first-order chi connectivity index (χ1) is 17.5. The second-order valence-electron chi connectivity index (χ2n) is 8.67. The molecule has 8 nitrogen and oxygen atoms in total. The summed E-state index contributed by atoms with van der Waals surface area (Å²) in [6.45, 7) is 1.01. The van der Waals surface area contributed by atoms with Gasteiger partial charge in [0.15, 0.2) is 5.58 Å². The van der Waals surface area contributed by atoms with Crippen LogP contribution in [0.3, 0.4) is 0 Å². The third-order valence-electron chi connectivity index (χ3n) is 6.41. The Labute approximate surface area is 208 Å². The van der Waals surface area contributed by atoms with E-state index in [0.29, 0.717) is 59.7 Å². The van der Waals surface area contributed by atoms with Crippen LogP contribution in [0.5, 0.6) is 5.75 Å². The Bertz CT molecular complexity index is 1440. The van der Waals surface area contributed by atoms with E-state index in [1.54, 1.807) is 42.3 Å². The maximum Gasteiger partial charge on any atom is 0.253 e. The molecule has 0 bridgehead atoms. The summed E-state index contributed by atoms with van der Waals surface area (Å²) < 4.78 is 11.1. The summed E-state index contributed by atoms with van der Waals surface area (Å²) in [5.41, 5.74) is 3.82. The second-order valence-corrected chi connectivity index (χ2v) is 8.67. The number of hydrogen-bond acceptors (Lipinski definition) is 6. The van der Waals surface area contributed by atoms with Crippen LogP contribution in [-0.2, 0) is 4.79 Å². The summed E-state index contributed by atoms with van der Waals surface area (Å²) in [5, 5.41) is 11.9. The third-order valence-corrected chi connectivity index (χ3v) is 6.41. The number of benzene rings is 3. The van der Waals surface area contributed by atoms with Gasteiger partial charge in [-0.15, -0.1) is 0 Å². The normalized spacial score (nSPS) is 13.8. The second kappa shape index (κ2) is 9.92. The van der Waals surface area contributed by atoms with Crippen molar-refractivity contribution in [2.45, 2.75) is 12.8 Å². The maximum atomic E-state index is 12.9. The van der Waals surface area contributed by atoms with Gasteiger partial charge in [-0.2, -0.15) is 5.26 Å². The number of oxazole rings is 1. The van der Waals surface area contributed by atoms with E-state index in [-0.39, 0.29) is 17.7 Å². The highest BCUT2D eigenvalue weighted by atomic mass is 16.5. The minimum atomic E-state index is -0.185. The molecule has 1 fully saturated rings. The number of fused-ring (bicyclic) bond motifs is 1. The summed E-state index contributed by atoms with van der Waals surface area (Å²) in [7, 11) is 1.62. The molecule has 0 aliphatic carbocycles. The fourth-order valence-electron chi connectivity index (χ4n) is 4.32. The molecule has 0 atom stereocenters. The lowest BCUT2D eigenvalue weighted by Crippen LogP contribution is -2.41. The molecule has 1 N–H and O–H groups in total.